The van der Waals surface area contributed by atoms with Gasteiger partial charge in [-0.15, -0.1) is 10.2 Å². The van der Waals surface area contributed by atoms with E-state index < -0.39 is 17.8 Å². The van der Waals surface area contributed by atoms with E-state index in [0.29, 0.717) is 5.89 Å². The van der Waals surface area contributed by atoms with Gasteiger partial charge in [0.25, 0.3) is 5.22 Å². The maximum absolute atomic E-state index is 12.5. The normalized spacial score (nSPS) is 12.0. The summed E-state index contributed by atoms with van der Waals surface area (Å²) in [7, 11) is 0. The van der Waals surface area contributed by atoms with E-state index in [1.807, 2.05) is 31.2 Å². The maximum Gasteiger partial charge on any atom is 0.387 e. The van der Waals surface area contributed by atoms with E-state index >= 15 is 0 Å². The number of hydrogen-bond acceptors (Lipinski definition) is 6. The summed E-state index contributed by atoms with van der Waals surface area (Å²) in [6.45, 7) is 0.638. The Bertz CT molecular complexity index is 948. The van der Waals surface area contributed by atoms with Gasteiger partial charge in [0.2, 0.25) is 11.8 Å². The van der Waals surface area contributed by atoms with Crippen molar-refractivity contribution in [3.8, 4) is 17.2 Å². The van der Waals surface area contributed by atoms with Crippen molar-refractivity contribution in [3.05, 3.63) is 54.1 Å². The third kappa shape index (κ3) is 5.07. The maximum atomic E-state index is 12.5. The van der Waals surface area contributed by atoms with Crippen LogP contribution in [0.1, 0.15) is 12.5 Å². The molecule has 0 fully saturated rings. The van der Waals surface area contributed by atoms with Crippen molar-refractivity contribution in [2.75, 3.05) is 5.32 Å². The zero-order chi connectivity index (χ0) is 20.1. The first kappa shape index (κ1) is 19.8. The molecular weight excluding hydrogens is 388 g/mol. The van der Waals surface area contributed by atoms with Gasteiger partial charge in [-0.2, -0.15) is 8.78 Å². The smallest absolute Gasteiger partial charge is 0.387 e. The summed E-state index contributed by atoms with van der Waals surface area (Å²) in [6.07, 6.45) is 0. The molecule has 0 aliphatic carbocycles. The van der Waals surface area contributed by atoms with E-state index in [-0.39, 0.29) is 16.7 Å². The molecule has 0 unspecified atom stereocenters. The van der Waals surface area contributed by atoms with Crippen LogP contribution in [-0.2, 0) is 4.79 Å². The Morgan fingerprint density at radius 3 is 2.57 bits per heavy atom. The Balaban J connectivity index is 1.64. The Kier molecular flexibility index (Phi) is 6.25. The van der Waals surface area contributed by atoms with E-state index in [1.54, 1.807) is 13.0 Å². The van der Waals surface area contributed by atoms with E-state index in [1.165, 1.54) is 18.2 Å². The number of rotatable bonds is 7. The molecule has 0 aliphatic heterocycles. The van der Waals surface area contributed by atoms with Crippen LogP contribution in [0.25, 0.3) is 11.5 Å². The van der Waals surface area contributed by atoms with Crippen molar-refractivity contribution in [3.63, 3.8) is 0 Å². The first-order valence-electron chi connectivity index (χ1n) is 8.34. The topological polar surface area (TPSA) is 77.2 Å². The van der Waals surface area contributed by atoms with Crippen LogP contribution < -0.4 is 10.1 Å². The summed E-state index contributed by atoms with van der Waals surface area (Å²) < 4.78 is 35.0. The lowest BCUT2D eigenvalue weighted by Gasteiger charge is -2.13. The van der Waals surface area contributed by atoms with Gasteiger partial charge < -0.3 is 14.5 Å². The average Bonchev–Trinajstić information content (AvgIpc) is 3.12. The minimum absolute atomic E-state index is 0.109. The molecule has 9 heteroatoms. The molecule has 3 rings (SSSR count). The van der Waals surface area contributed by atoms with Gasteiger partial charge in [-0.05, 0) is 38.1 Å². The van der Waals surface area contributed by atoms with Gasteiger partial charge in [0.15, 0.2) is 0 Å². The number of ether oxygens (including phenoxy) is 1. The number of aromatic nitrogens is 2. The average molecular weight is 405 g/mol. The molecule has 0 radical (unpaired) electrons. The van der Waals surface area contributed by atoms with E-state index in [4.69, 9.17) is 4.42 Å². The monoisotopic (exact) mass is 405 g/mol. The summed E-state index contributed by atoms with van der Waals surface area (Å²) in [5.74, 6) is -0.168. The zero-order valence-electron chi connectivity index (χ0n) is 15.1. The van der Waals surface area contributed by atoms with Gasteiger partial charge >= 0.3 is 6.61 Å². The summed E-state index contributed by atoms with van der Waals surface area (Å²) >= 11 is 1.07. The molecule has 1 aromatic heterocycles. The van der Waals surface area contributed by atoms with E-state index in [0.717, 1.165) is 22.9 Å². The fourth-order valence-electron chi connectivity index (χ4n) is 2.28. The van der Waals surface area contributed by atoms with Crippen LogP contribution in [0.3, 0.4) is 0 Å². The van der Waals surface area contributed by atoms with E-state index in [2.05, 4.69) is 20.3 Å². The van der Waals surface area contributed by atoms with Crippen molar-refractivity contribution in [2.45, 2.75) is 30.9 Å². The van der Waals surface area contributed by atoms with Crippen molar-refractivity contribution in [1.82, 2.24) is 10.2 Å². The summed E-state index contributed by atoms with van der Waals surface area (Å²) in [5.41, 5.74) is 2.05. The molecule has 1 amide bonds. The Morgan fingerprint density at radius 1 is 1.14 bits per heavy atom. The Morgan fingerprint density at radius 2 is 1.86 bits per heavy atom. The molecule has 0 bridgehead atoms. The SMILES string of the molecule is Cc1ccc(-c2nnc(S[C@@H](C)C(=O)Nc3ccccc3OC(F)F)o2)cc1. The molecule has 6 nitrogen and oxygen atoms in total. The van der Waals surface area contributed by atoms with Gasteiger partial charge in [-0.1, -0.05) is 41.6 Å². The fourth-order valence-corrected chi connectivity index (χ4v) is 2.96. The highest BCUT2D eigenvalue weighted by molar-refractivity contribution is 8.00. The van der Waals surface area contributed by atoms with Crippen molar-refractivity contribution in [1.29, 1.82) is 0 Å². The predicted molar refractivity (Wildman–Crippen MR) is 101 cm³/mol. The molecule has 0 saturated carbocycles. The minimum atomic E-state index is -2.98. The number of carbonyl (C=O) groups excluding carboxylic acids is 1. The van der Waals surface area contributed by atoms with Crippen molar-refractivity contribution in [2.24, 2.45) is 0 Å². The molecule has 0 aliphatic rings. The number of halogens is 2. The quantitative estimate of drug-likeness (QED) is 0.571. The highest BCUT2D eigenvalue weighted by Crippen LogP contribution is 2.29. The van der Waals surface area contributed by atoms with Crippen LogP contribution in [-0.4, -0.2) is 28.0 Å². The molecule has 1 heterocycles. The van der Waals surface area contributed by atoms with Crippen molar-refractivity contribution < 1.29 is 22.7 Å². The number of nitrogens with one attached hydrogen (secondary N) is 1. The molecule has 28 heavy (non-hydrogen) atoms. The van der Waals surface area contributed by atoms with Gasteiger partial charge in [0.05, 0.1) is 10.9 Å². The lowest BCUT2D eigenvalue weighted by atomic mass is 10.1. The highest BCUT2D eigenvalue weighted by atomic mass is 32.2. The second kappa shape index (κ2) is 8.83. The van der Waals surface area contributed by atoms with Gasteiger partial charge in [-0.3, -0.25) is 4.79 Å². The van der Waals surface area contributed by atoms with Crippen LogP contribution in [0.5, 0.6) is 5.75 Å². The largest absolute Gasteiger partial charge is 0.433 e. The van der Waals surface area contributed by atoms with Crippen LogP contribution in [0.15, 0.2) is 58.2 Å². The Labute approximate surface area is 164 Å². The molecule has 0 saturated heterocycles. The lowest BCUT2D eigenvalue weighted by molar-refractivity contribution is -0.115. The number of hydrogen-bond donors (Lipinski definition) is 1. The number of carbonyl (C=O) groups is 1. The van der Waals surface area contributed by atoms with Gasteiger partial charge in [0.1, 0.15) is 5.75 Å². The number of para-hydroxylation sites is 2. The third-order valence-electron chi connectivity index (χ3n) is 3.71. The number of alkyl halides is 2. The third-order valence-corrected chi connectivity index (χ3v) is 4.65. The summed E-state index contributed by atoms with van der Waals surface area (Å²) in [5, 5.41) is 10.1. The van der Waals surface area contributed by atoms with Crippen LogP contribution in [0.2, 0.25) is 0 Å². The predicted octanol–water partition coefficient (Wildman–Crippen LogP) is 4.77. The van der Waals surface area contributed by atoms with Crippen molar-refractivity contribution >= 4 is 23.4 Å². The summed E-state index contributed by atoms with van der Waals surface area (Å²) in [6, 6.07) is 13.6. The van der Waals surface area contributed by atoms with Crippen LogP contribution in [0.4, 0.5) is 14.5 Å². The second-order valence-electron chi connectivity index (χ2n) is 5.86. The molecule has 3 aromatic rings. The molecular formula is C19H17F2N3O3S. The molecule has 146 valence electrons. The number of nitrogens with zero attached hydrogens (tertiary/aromatic N) is 2. The zero-order valence-corrected chi connectivity index (χ0v) is 15.9. The van der Waals surface area contributed by atoms with Gasteiger partial charge in [0, 0.05) is 5.56 Å². The Hall–Kier alpha value is -2.94. The number of anilines is 1. The molecule has 0 spiro atoms. The number of benzene rings is 2. The second-order valence-corrected chi connectivity index (χ2v) is 7.16. The van der Waals surface area contributed by atoms with Gasteiger partial charge in [-0.25, -0.2) is 0 Å². The molecule has 2 aromatic carbocycles. The number of amides is 1. The minimum Gasteiger partial charge on any atom is -0.433 e. The number of aryl methyl sites for hydroxylation is 1. The van der Waals surface area contributed by atoms with E-state index in [9.17, 15) is 13.6 Å². The fraction of sp³-hybridized carbons (Fsp3) is 0.211. The molecule has 1 atom stereocenters. The van der Waals surface area contributed by atoms with Crippen LogP contribution >= 0.6 is 11.8 Å². The number of thioether (sulfide) groups is 1. The first-order chi connectivity index (χ1) is 13.4. The highest BCUT2D eigenvalue weighted by Gasteiger charge is 2.20. The lowest BCUT2D eigenvalue weighted by Crippen LogP contribution is -2.23. The first-order valence-corrected chi connectivity index (χ1v) is 9.22. The summed E-state index contributed by atoms with van der Waals surface area (Å²) in [4.78, 5) is 12.4. The molecule has 1 N–H and O–H groups in total. The standard InChI is InChI=1S/C19H17F2N3O3S/c1-11-7-9-13(10-8-11)17-23-24-19(27-17)28-12(2)16(25)22-14-5-3-4-6-15(14)26-18(20)21/h3-10,12,18H,1-2H3,(H,22,25)/t12-/m0/s1. The van der Waals surface area contributed by atoms with Crippen LogP contribution in [0, 0.1) is 6.92 Å².